The average Bonchev–Trinajstić information content (AvgIpc) is 2.20. The van der Waals surface area contributed by atoms with Crippen molar-refractivity contribution in [3.63, 3.8) is 0 Å². The maximum Gasteiger partial charge on any atom is 0.149 e. The largest absolute Gasteiger partial charge is 0.325 e. The van der Waals surface area contributed by atoms with Crippen LogP contribution in [0.5, 0.6) is 0 Å². The number of para-hydroxylation sites is 1. The summed E-state index contributed by atoms with van der Waals surface area (Å²) in [7, 11) is 0. The van der Waals surface area contributed by atoms with Crippen LogP contribution in [-0.2, 0) is 0 Å². The summed E-state index contributed by atoms with van der Waals surface area (Å²) in [5.41, 5.74) is -0.0813. The van der Waals surface area contributed by atoms with E-state index in [0.29, 0.717) is 18.8 Å². The number of anilines is 1. The molecular formula is C11H12F2N2. The molecule has 1 aromatic carbocycles. The lowest BCUT2D eigenvalue weighted by molar-refractivity contribution is 0.573. The molecule has 0 aromatic heterocycles. The Morgan fingerprint density at radius 2 is 1.80 bits per heavy atom. The molecule has 1 heterocycles. The lowest BCUT2D eigenvalue weighted by Crippen LogP contribution is -2.36. The molecule has 0 radical (unpaired) electrons. The van der Waals surface area contributed by atoms with E-state index in [0.717, 1.165) is 12.8 Å². The number of hydrogen-bond acceptors (Lipinski definition) is 1. The molecule has 0 spiro atoms. The maximum absolute atomic E-state index is 13.4. The van der Waals surface area contributed by atoms with Crippen molar-refractivity contribution in [1.82, 2.24) is 0 Å². The van der Waals surface area contributed by atoms with Crippen molar-refractivity contribution < 1.29 is 8.78 Å². The van der Waals surface area contributed by atoms with Crippen LogP contribution in [0.3, 0.4) is 0 Å². The Morgan fingerprint density at radius 1 is 1.13 bits per heavy atom. The van der Waals surface area contributed by atoms with E-state index in [1.165, 1.54) is 23.1 Å². The van der Waals surface area contributed by atoms with Crippen LogP contribution in [0.25, 0.3) is 0 Å². The first-order valence-corrected chi connectivity index (χ1v) is 4.99. The van der Waals surface area contributed by atoms with Gasteiger partial charge in [0.25, 0.3) is 0 Å². The summed E-state index contributed by atoms with van der Waals surface area (Å²) in [6, 6.07) is 3.78. The molecule has 1 fully saturated rings. The van der Waals surface area contributed by atoms with E-state index in [2.05, 4.69) is 0 Å². The highest BCUT2D eigenvalue weighted by Gasteiger charge is 2.22. The molecular weight excluding hydrogens is 198 g/mol. The van der Waals surface area contributed by atoms with Gasteiger partial charge in [-0.15, -0.1) is 0 Å². The maximum atomic E-state index is 13.4. The number of nitrogens with one attached hydrogen (secondary N) is 1. The Kier molecular flexibility index (Phi) is 2.66. The van der Waals surface area contributed by atoms with Crippen molar-refractivity contribution in [3.05, 3.63) is 29.8 Å². The van der Waals surface area contributed by atoms with Crippen LogP contribution in [0.1, 0.15) is 19.3 Å². The summed E-state index contributed by atoms with van der Waals surface area (Å²) < 4.78 is 26.9. The Hall–Kier alpha value is -1.45. The Labute approximate surface area is 87.0 Å². The molecule has 0 saturated carbocycles. The van der Waals surface area contributed by atoms with Gasteiger partial charge in [0.2, 0.25) is 0 Å². The molecule has 1 aromatic rings. The Balaban J connectivity index is 2.39. The topological polar surface area (TPSA) is 27.1 Å². The minimum atomic E-state index is -0.596. The van der Waals surface area contributed by atoms with Crippen LogP contribution < -0.4 is 4.90 Å². The Morgan fingerprint density at radius 3 is 2.40 bits per heavy atom. The van der Waals surface area contributed by atoms with E-state index in [1.807, 2.05) is 0 Å². The number of amidine groups is 1. The molecule has 0 bridgehead atoms. The number of nitrogens with zero attached hydrogens (tertiary/aromatic N) is 1. The summed E-state index contributed by atoms with van der Waals surface area (Å²) in [6.07, 6.45) is 2.38. The van der Waals surface area contributed by atoms with E-state index in [4.69, 9.17) is 5.41 Å². The number of piperidine rings is 1. The van der Waals surface area contributed by atoms with Crippen LogP contribution >= 0.6 is 0 Å². The molecule has 1 aliphatic rings. The molecule has 0 amide bonds. The fraction of sp³-hybridized carbons (Fsp3) is 0.364. The highest BCUT2D eigenvalue weighted by Crippen LogP contribution is 2.26. The fourth-order valence-corrected chi connectivity index (χ4v) is 1.83. The highest BCUT2D eigenvalue weighted by atomic mass is 19.1. The molecule has 0 atom stereocenters. The third kappa shape index (κ3) is 1.84. The molecule has 80 valence electrons. The summed E-state index contributed by atoms with van der Waals surface area (Å²) in [4.78, 5) is 1.42. The molecule has 0 aliphatic carbocycles. The van der Waals surface area contributed by atoms with Gasteiger partial charge < -0.3 is 4.90 Å². The Bertz CT molecular complexity index is 370. The van der Waals surface area contributed by atoms with Gasteiger partial charge in [0.05, 0.1) is 0 Å². The zero-order chi connectivity index (χ0) is 10.8. The molecule has 4 heteroatoms. The first-order chi connectivity index (χ1) is 7.20. The van der Waals surface area contributed by atoms with Crippen molar-refractivity contribution in [3.8, 4) is 0 Å². The van der Waals surface area contributed by atoms with Gasteiger partial charge in [0.1, 0.15) is 23.2 Å². The van der Waals surface area contributed by atoms with Gasteiger partial charge in [0.15, 0.2) is 0 Å². The van der Waals surface area contributed by atoms with E-state index in [-0.39, 0.29) is 5.69 Å². The van der Waals surface area contributed by atoms with Gasteiger partial charge in [-0.05, 0) is 25.0 Å². The lowest BCUT2D eigenvalue weighted by Gasteiger charge is -2.29. The van der Waals surface area contributed by atoms with Crippen LogP contribution in [0.2, 0.25) is 0 Å². The minimum absolute atomic E-state index is 0.0813. The second kappa shape index (κ2) is 3.96. The molecule has 2 nitrogen and oxygen atoms in total. The van der Waals surface area contributed by atoms with Crippen molar-refractivity contribution in [2.75, 3.05) is 11.4 Å². The van der Waals surface area contributed by atoms with Crippen LogP contribution in [0, 0.1) is 17.0 Å². The SMILES string of the molecule is N=C1CCCCN1c1c(F)cccc1F. The third-order valence-corrected chi connectivity index (χ3v) is 2.58. The predicted molar refractivity (Wildman–Crippen MR) is 55.3 cm³/mol. The first kappa shape index (κ1) is 10.1. The molecule has 2 rings (SSSR count). The molecule has 1 aliphatic heterocycles. The normalized spacial score (nSPS) is 16.9. The summed E-state index contributed by atoms with van der Waals surface area (Å²) in [5.74, 6) is -0.895. The molecule has 15 heavy (non-hydrogen) atoms. The van der Waals surface area contributed by atoms with E-state index < -0.39 is 11.6 Å². The van der Waals surface area contributed by atoms with Crippen molar-refractivity contribution in [2.45, 2.75) is 19.3 Å². The monoisotopic (exact) mass is 210 g/mol. The summed E-state index contributed by atoms with van der Waals surface area (Å²) >= 11 is 0. The van der Waals surface area contributed by atoms with Crippen molar-refractivity contribution in [2.24, 2.45) is 0 Å². The van der Waals surface area contributed by atoms with Crippen molar-refractivity contribution in [1.29, 1.82) is 5.41 Å². The average molecular weight is 210 g/mol. The fourth-order valence-electron chi connectivity index (χ4n) is 1.83. The van der Waals surface area contributed by atoms with Gasteiger partial charge in [-0.2, -0.15) is 0 Å². The van der Waals surface area contributed by atoms with Gasteiger partial charge in [-0.25, -0.2) is 8.78 Å². The number of rotatable bonds is 1. The van der Waals surface area contributed by atoms with Crippen LogP contribution in [0.15, 0.2) is 18.2 Å². The molecule has 0 unspecified atom stereocenters. The highest BCUT2D eigenvalue weighted by molar-refractivity contribution is 5.96. The van der Waals surface area contributed by atoms with E-state index >= 15 is 0 Å². The molecule has 1 saturated heterocycles. The summed E-state index contributed by atoms with van der Waals surface area (Å²) in [6.45, 7) is 0.524. The van der Waals surface area contributed by atoms with Gasteiger partial charge in [-0.3, -0.25) is 5.41 Å². The standard InChI is InChI=1S/C11H12F2N2/c12-8-4-3-5-9(13)11(8)15-7-2-1-6-10(15)14/h3-5,14H,1-2,6-7H2. The number of halogens is 2. The third-order valence-electron chi connectivity index (χ3n) is 2.58. The number of benzene rings is 1. The van der Waals surface area contributed by atoms with E-state index in [9.17, 15) is 8.78 Å². The first-order valence-electron chi connectivity index (χ1n) is 4.99. The van der Waals surface area contributed by atoms with Gasteiger partial charge in [-0.1, -0.05) is 6.07 Å². The lowest BCUT2D eigenvalue weighted by atomic mass is 10.1. The van der Waals surface area contributed by atoms with Gasteiger partial charge >= 0.3 is 0 Å². The minimum Gasteiger partial charge on any atom is -0.325 e. The second-order valence-electron chi connectivity index (χ2n) is 3.63. The smallest absolute Gasteiger partial charge is 0.149 e. The van der Waals surface area contributed by atoms with Crippen LogP contribution in [-0.4, -0.2) is 12.4 Å². The zero-order valence-corrected chi connectivity index (χ0v) is 8.26. The molecule has 1 N–H and O–H groups in total. The van der Waals surface area contributed by atoms with Crippen molar-refractivity contribution >= 4 is 11.5 Å². The zero-order valence-electron chi connectivity index (χ0n) is 8.26. The van der Waals surface area contributed by atoms with Crippen LogP contribution in [0.4, 0.5) is 14.5 Å². The van der Waals surface area contributed by atoms with E-state index in [1.54, 1.807) is 0 Å². The second-order valence-corrected chi connectivity index (χ2v) is 3.63. The van der Waals surface area contributed by atoms with Gasteiger partial charge in [0, 0.05) is 13.0 Å². The summed E-state index contributed by atoms with van der Waals surface area (Å²) in [5, 5.41) is 7.67. The predicted octanol–water partition coefficient (Wildman–Crippen LogP) is 2.93. The quantitative estimate of drug-likeness (QED) is 0.758. The number of hydrogen-bond donors (Lipinski definition) is 1.